The van der Waals surface area contributed by atoms with Gasteiger partial charge in [0.2, 0.25) is 0 Å². The largest absolute Gasteiger partial charge is 0.389 e. The summed E-state index contributed by atoms with van der Waals surface area (Å²) < 4.78 is 0. The Morgan fingerprint density at radius 3 is 2.06 bits per heavy atom. The van der Waals surface area contributed by atoms with Crippen molar-refractivity contribution in [3.8, 4) is 0 Å². The van der Waals surface area contributed by atoms with Crippen LogP contribution in [0.3, 0.4) is 0 Å². The number of aliphatic hydroxyl groups is 1. The number of fused-ring (bicyclic) bond motifs is 3. The third-order valence-electron chi connectivity index (χ3n) is 6.36. The van der Waals surface area contributed by atoms with Crippen molar-refractivity contribution in [3.05, 3.63) is 96.2 Å². The molecule has 0 radical (unpaired) electrons. The molecule has 0 saturated carbocycles. The van der Waals surface area contributed by atoms with Crippen molar-refractivity contribution in [1.29, 1.82) is 0 Å². The van der Waals surface area contributed by atoms with E-state index in [0.29, 0.717) is 6.54 Å². The number of rotatable bonds is 6. The van der Waals surface area contributed by atoms with Crippen LogP contribution in [0.5, 0.6) is 0 Å². The fraction of sp³-hybridized carbons (Fsp3) is 0.214. The highest BCUT2D eigenvalue weighted by atomic mass is 16.3. The Bertz CT molecular complexity index is 1310. The average molecular weight is 409 g/mol. The van der Waals surface area contributed by atoms with Gasteiger partial charge in [0.25, 0.3) is 0 Å². The van der Waals surface area contributed by atoms with Crippen LogP contribution in [0.15, 0.2) is 85.1 Å². The average Bonchev–Trinajstić information content (AvgIpc) is 3.18. The Balaban J connectivity index is 1.50. The molecule has 1 atom stereocenters. The number of para-hydroxylation sites is 1. The van der Waals surface area contributed by atoms with Crippen molar-refractivity contribution in [2.24, 2.45) is 0 Å². The Morgan fingerprint density at radius 1 is 0.839 bits per heavy atom. The molecule has 3 N–H and O–H groups in total. The molecule has 0 saturated heterocycles. The first-order valence-electron chi connectivity index (χ1n) is 10.9. The van der Waals surface area contributed by atoms with E-state index in [9.17, 15) is 5.11 Å². The summed E-state index contributed by atoms with van der Waals surface area (Å²) in [6, 6.07) is 27.6. The zero-order chi connectivity index (χ0) is 21.4. The van der Waals surface area contributed by atoms with E-state index in [0.717, 1.165) is 11.9 Å². The molecule has 5 aromatic rings. The SMILES string of the molecule is CC(C)(O)[C@H](Cc1c[nH]c2ccccc12)NCc1c2ccccc2cc2ccccc12. The van der Waals surface area contributed by atoms with Crippen LogP contribution in [0.2, 0.25) is 0 Å². The quantitative estimate of drug-likeness (QED) is 0.304. The van der Waals surface area contributed by atoms with E-state index in [1.54, 1.807) is 0 Å². The second-order valence-corrected chi connectivity index (χ2v) is 8.95. The number of aromatic amines is 1. The summed E-state index contributed by atoms with van der Waals surface area (Å²) in [5.41, 5.74) is 2.77. The molecule has 0 aliphatic carbocycles. The minimum Gasteiger partial charge on any atom is -0.389 e. The normalized spacial score (nSPS) is 13.3. The van der Waals surface area contributed by atoms with Gasteiger partial charge in [0.05, 0.1) is 5.60 Å². The number of nitrogens with one attached hydrogen (secondary N) is 2. The number of hydrogen-bond donors (Lipinski definition) is 3. The molecule has 5 rings (SSSR count). The van der Waals surface area contributed by atoms with Gasteiger partial charge in [-0.25, -0.2) is 0 Å². The predicted octanol–water partition coefficient (Wildman–Crippen LogP) is 5.95. The van der Waals surface area contributed by atoms with Gasteiger partial charge in [-0.05, 0) is 65.1 Å². The van der Waals surface area contributed by atoms with Crippen molar-refractivity contribution in [2.75, 3.05) is 0 Å². The first-order valence-corrected chi connectivity index (χ1v) is 10.9. The molecule has 0 fully saturated rings. The molecule has 0 unspecified atom stereocenters. The first kappa shape index (κ1) is 19.8. The van der Waals surface area contributed by atoms with Crippen LogP contribution in [-0.4, -0.2) is 21.7 Å². The van der Waals surface area contributed by atoms with Gasteiger partial charge in [-0.1, -0.05) is 66.7 Å². The molecule has 0 aliphatic rings. The van der Waals surface area contributed by atoms with E-state index in [1.165, 1.54) is 38.1 Å². The molecular formula is C28H28N2O. The van der Waals surface area contributed by atoms with E-state index >= 15 is 0 Å². The summed E-state index contributed by atoms with van der Waals surface area (Å²) >= 11 is 0. The molecular weight excluding hydrogens is 380 g/mol. The van der Waals surface area contributed by atoms with Gasteiger partial charge < -0.3 is 15.4 Å². The molecule has 0 bridgehead atoms. The Labute approximate surface area is 182 Å². The molecule has 1 heterocycles. The van der Waals surface area contributed by atoms with Crippen molar-refractivity contribution in [2.45, 2.75) is 38.5 Å². The molecule has 156 valence electrons. The zero-order valence-electron chi connectivity index (χ0n) is 18.0. The maximum atomic E-state index is 11.0. The lowest BCUT2D eigenvalue weighted by atomic mass is 9.91. The fourth-order valence-electron chi connectivity index (χ4n) is 4.62. The van der Waals surface area contributed by atoms with Crippen molar-refractivity contribution in [1.82, 2.24) is 10.3 Å². The van der Waals surface area contributed by atoms with Gasteiger partial charge in [-0.3, -0.25) is 0 Å². The van der Waals surface area contributed by atoms with Crippen LogP contribution in [-0.2, 0) is 13.0 Å². The van der Waals surface area contributed by atoms with Gasteiger partial charge in [-0.15, -0.1) is 0 Å². The first-order chi connectivity index (χ1) is 15.0. The molecule has 3 heteroatoms. The summed E-state index contributed by atoms with van der Waals surface area (Å²) in [5.74, 6) is 0. The zero-order valence-corrected chi connectivity index (χ0v) is 18.0. The summed E-state index contributed by atoms with van der Waals surface area (Å²) in [5, 5.41) is 20.9. The highest BCUT2D eigenvalue weighted by Gasteiger charge is 2.27. The number of benzene rings is 4. The summed E-state index contributed by atoms with van der Waals surface area (Å²) in [6.45, 7) is 4.47. The molecule has 4 aromatic carbocycles. The Morgan fingerprint density at radius 2 is 1.42 bits per heavy atom. The molecule has 31 heavy (non-hydrogen) atoms. The van der Waals surface area contributed by atoms with Crippen molar-refractivity contribution >= 4 is 32.4 Å². The minimum atomic E-state index is -0.862. The molecule has 0 amide bonds. The van der Waals surface area contributed by atoms with Crippen LogP contribution in [0.25, 0.3) is 32.4 Å². The van der Waals surface area contributed by atoms with Crippen LogP contribution >= 0.6 is 0 Å². The lowest BCUT2D eigenvalue weighted by molar-refractivity contribution is 0.0372. The van der Waals surface area contributed by atoms with E-state index in [-0.39, 0.29) is 6.04 Å². The second-order valence-electron chi connectivity index (χ2n) is 8.95. The third-order valence-corrected chi connectivity index (χ3v) is 6.36. The smallest absolute Gasteiger partial charge is 0.0747 e. The standard InChI is InChI=1S/C28H28N2O/c1-28(2,31)27(16-21-17-29-26-14-8-7-13-24(21)26)30-18-25-22-11-5-3-9-19(22)15-20-10-4-6-12-23(20)25/h3-15,17,27,29-31H,16,18H2,1-2H3/t27-/m0/s1. The van der Waals surface area contributed by atoms with Crippen LogP contribution in [0.4, 0.5) is 0 Å². The van der Waals surface area contributed by atoms with Gasteiger partial charge in [0.15, 0.2) is 0 Å². The van der Waals surface area contributed by atoms with E-state index in [2.05, 4.69) is 89.3 Å². The summed E-state index contributed by atoms with van der Waals surface area (Å²) in [4.78, 5) is 3.36. The fourth-order valence-corrected chi connectivity index (χ4v) is 4.62. The van der Waals surface area contributed by atoms with Crippen molar-refractivity contribution in [3.63, 3.8) is 0 Å². The monoisotopic (exact) mass is 408 g/mol. The number of aromatic nitrogens is 1. The van der Waals surface area contributed by atoms with E-state index < -0.39 is 5.60 Å². The third kappa shape index (κ3) is 3.83. The number of H-pyrrole nitrogens is 1. The van der Waals surface area contributed by atoms with Gasteiger partial charge in [0, 0.05) is 29.7 Å². The van der Waals surface area contributed by atoms with Crippen LogP contribution in [0.1, 0.15) is 25.0 Å². The Hall–Kier alpha value is -3.14. The Kier molecular flexibility index (Phi) is 5.01. The van der Waals surface area contributed by atoms with E-state index in [1.807, 2.05) is 19.9 Å². The number of hydrogen-bond acceptors (Lipinski definition) is 2. The lowest BCUT2D eigenvalue weighted by Crippen LogP contribution is -2.47. The molecule has 1 aromatic heterocycles. The van der Waals surface area contributed by atoms with Gasteiger partial charge in [-0.2, -0.15) is 0 Å². The van der Waals surface area contributed by atoms with Gasteiger partial charge in [0.1, 0.15) is 0 Å². The maximum absolute atomic E-state index is 11.0. The van der Waals surface area contributed by atoms with Gasteiger partial charge >= 0.3 is 0 Å². The molecule has 0 aliphatic heterocycles. The van der Waals surface area contributed by atoms with Crippen LogP contribution < -0.4 is 5.32 Å². The van der Waals surface area contributed by atoms with Crippen molar-refractivity contribution < 1.29 is 5.11 Å². The predicted molar refractivity (Wildman–Crippen MR) is 130 cm³/mol. The highest BCUT2D eigenvalue weighted by molar-refractivity contribution is 6.02. The summed E-state index contributed by atoms with van der Waals surface area (Å²) in [6.07, 6.45) is 2.81. The topological polar surface area (TPSA) is 48.0 Å². The van der Waals surface area contributed by atoms with E-state index in [4.69, 9.17) is 0 Å². The maximum Gasteiger partial charge on any atom is 0.0747 e. The highest BCUT2D eigenvalue weighted by Crippen LogP contribution is 2.29. The second kappa shape index (κ2) is 7.84. The van der Waals surface area contributed by atoms with Crippen LogP contribution in [0, 0.1) is 0 Å². The minimum absolute atomic E-state index is 0.0931. The molecule has 0 spiro atoms. The summed E-state index contributed by atoms with van der Waals surface area (Å²) in [7, 11) is 0. The lowest BCUT2D eigenvalue weighted by Gasteiger charge is -2.31. The molecule has 3 nitrogen and oxygen atoms in total.